The molecule has 0 aromatic heterocycles. The third-order valence-corrected chi connectivity index (χ3v) is 3.79. The molecule has 19 heavy (non-hydrogen) atoms. The van der Waals surface area contributed by atoms with Gasteiger partial charge in [-0.05, 0) is 43.5 Å². The Balaban J connectivity index is 0.00000180. The molecule has 1 atom stereocenters. The number of amides is 1. The van der Waals surface area contributed by atoms with Crippen molar-refractivity contribution in [3.8, 4) is 0 Å². The van der Waals surface area contributed by atoms with Crippen molar-refractivity contribution in [3.63, 3.8) is 0 Å². The van der Waals surface area contributed by atoms with Gasteiger partial charge in [-0.1, -0.05) is 15.9 Å². The molecule has 1 unspecified atom stereocenters. The van der Waals surface area contributed by atoms with E-state index in [-0.39, 0.29) is 23.9 Å². The van der Waals surface area contributed by atoms with E-state index in [4.69, 9.17) is 5.73 Å². The number of hydrogen-bond acceptors (Lipinski definition) is 2. The molecule has 1 aliphatic heterocycles. The highest BCUT2D eigenvalue weighted by Crippen LogP contribution is 2.21. The average molecular weight is 352 g/mol. The standard InChI is InChI=1S/C13H16BrFN2O.ClH/c14-10-3-4-11(12(15)6-10)13(18)17-5-1-2-9(7-16)8-17;/h3-4,6,9H,1-2,5,7-8,16H2;1H. The molecule has 1 amide bonds. The Morgan fingerprint density at radius 1 is 1.53 bits per heavy atom. The van der Waals surface area contributed by atoms with E-state index in [1.165, 1.54) is 12.1 Å². The van der Waals surface area contributed by atoms with Crippen molar-refractivity contribution in [1.29, 1.82) is 0 Å². The highest BCUT2D eigenvalue weighted by Gasteiger charge is 2.25. The number of benzene rings is 1. The van der Waals surface area contributed by atoms with Crippen LogP contribution >= 0.6 is 28.3 Å². The molecule has 1 aromatic rings. The molecule has 0 bridgehead atoms. The summed E-state index contributed by atoms with van der Waals surface area (Å²) in [5.41, 5.74) is 5.77. The van der Waals surface area contributed by atoms with Crippen LogP contribution in [0.2, 0.25) is 0 Å². The van der Waals surface area contributed by atoms with Gasteiger partial charge in [-0.15, -0.1) is 12.4 Å². The van der Waals surface area contributed by atoms with Gasteiger partial charge in [0.15, 0.2) is 0 Å². The van der Waals surface area contributed by atoms with E-state index in [1.807, 2.05) is 0 Å². The quantitative estimate of drug-likeness (QED) is 0.890. The van der Waals surface area contributed by atoms with Gasteiger partial charge in [0.2, 0.25) is 0 Å². The predicted molar refractivity (Wildman–Crippen MR) is 79.0 cm³/mol. The third-order valence-electron chi connectivity index (χ3n) is 3.30. The predicted octanol–water partition coefficient (Wildman–Crippen LogP) is 2.82. The second-order valence-corrected chi connectivity index (χ2v) is 5.53. The zero-order valence-corrected chi connectivity index (χ0v) is 12.8. The molecule has 0 saturated carbocycles. The minimum Gasteiger partial charge on any atom is -0.338 e. The van der Waals surface area contributed by atoms with Gasteiger partial charge in [0.25, 0.3) is 5.91 Å². The van der Waals surface area contributed by atoms with E-state index in [2.05, 4.69) is 15.9 Å². The van der Waals surface area contributed by atoms with Crippen LogP contribution in [0.25, 0.3) is 0 Å². The van der Waals surface area contributed by atoms with E-state index in [0.717, 1.165) is 12.8 Å². The number of likely N-dealkylation sites (tertiary alicyclic amines) is 1. The van der Waals surface area contributed by atoms with Crippen LogP contribution in [0.5, 0.6) is 0 Å². The minimum absolute atomic E-state index is 0. The first kappa shape index (κ1) is 16.4. The van der Waals surface area contributed by atoms with Gasteiger partial charge in [-0.2, -0.15) is 0 Å². The largest absolute Gasteiger partial charge is 0.338 e. The van der Waals surface area contributed by atoms with Crippen molar-refractivity contribution in [2.75, 3.05) is 19.6 Å². The summed E-state index contributed by atoms with van der Waals surface area (Å²) in [6.45, 7) is 1.89. The van der Waals surface area contributed by atoms with Gasteiger partial charge >= 0.3 is 0 Å². The second kappa shape index (κ2) is 7.22. The van der Waals surface area contributed by atoms with Gasteiger partial charge < -0.3 is 10.6 Å². The third kappa shape index (κ3) is 3.91. The number of piperidine rings is 1. The fourth-order valence-electron chi connectivity index (χ4n) is 2.28. The fraction of sp³-hybridized carbons (Fsp3) is 0.462. The molecule has 3 nitrogen and oxygen atoms in total. The van der Waals surface area contributed by atoms with Crippen LogP contribution in [0.3, 0.4) is 0 Å². The first-order chi connectivity index (χ1) is 8.61. The van der Waals surface area contributed by atoms with E-state index in [0.29, 0.717) is 30.0 Å². The van der Waals surface area contributed by atoms with E-state index < -0.39 is 5.82 Å². The minimum atomic E-state index is -0.482. The monoisotopic (exact) mass is 350 g/mol. The maximum Gasteiger partial charge on any atom is 0.256 e. The Morgan fingerprint density at radius 3 is 2.89 bits per heavy atom. The zero-order valence-electron chi connectivity index (χ0n) is 10.4. The molecule has 1 aromatic carbocycles. The van der Waals surface area contributed by atoms with Gasteiger partial charge in [0, 0.05) is 17.6 Å². The lowest BCUT2D eigenvalue weighted by molar-refractivity contribution is 0.0673. The number of nitrogens with two attached hydrogens (primary N) is 1. The number of hydrogen-bond donors (Lipinski definition) is 1. The lowest BCUT2D eigenvalue weighted by atomic mass is 9.97. The van der Waals surface area contributed by atoms with Crippen LogP contribution in [0, 0.1) is 11.7 Å². The molecule has 1 fully saturated rings. The van der Waals surface area contributed by atoms with Crippen LogP contribution in [-0.4, -0.2) is 30.4 Å². The van der Waals surface area contributed by atoms with E-state index in [9.17, 15) is 9.18 Å². The molecule has 106 valence electrons. The Kier molecular flexibility index (Phi) is 6.23. The van der Waals surface area contributed by atoms with Crippen molar-refractivity contribution >= 4 is 34.2 Å². The molecule has 0 spiro atoms. The number of carbonyl (C=O) groups excluding carboxylic acids is 1. The number of nitrogens with zero attached hydrogens (tertiary/aromatic N) is 1. The summed E-state index contributed by atoms with van der Waals surface area (Å²) in [5.74, 6) is -0.386. The Hall–Kier alpha value is -0.650. The second-order valence-electron chi connectivity index (χ2n) is 4.62. The van der Waals surface area contributed by atoms with Crippen molar-refractivity contribution in [3.05, 3.63) is 34.1 Å². The molecule has 1 heterocycles. The first-order valence-corrected chi connectivity index (χ1v) is 6.85. The summed E-state index contributed by atoms with van der Waals surface area (Å²) < 4.78 is 14.4. The van der Waals surface area contributed by atoms with Crippen LogP contribution < -0.4 is 5.73 Å². The van der Waals surface area contributed by atoms with Crippen molar-refractivity contribution in [2.45, 2.75) is 12.8 Å². The van der Waals surface area contributed by atoms with Gasteiger partial charge in [-0.3, -0.25) is 4.79 Å². The summed E-state index contributed by atoms with van der Waals surface area (Å²) in [4.78, 5) is 13.9. The lowest BCUT2D eigenvalue weighted by Gasteiger charge is -2.32. The first-order valence-electron chi connectivity index (χ1n) is 6.06. The molecular weight excluding hydrogens is 335 g/mol. The van der Waals surface area contributed by atoms with Crippen LogP contribution in [0.1, 0.15) is 23.2 Å². The maximum atomic E-state index is 13.7. The average Bonchev–Trinajstić information content (AvgIpc) is 2.38. The molecule has 2 N–H and O–H groups in total. The summed E-state index contributed by atoms with van der Waals surface area (Å²) in [6, 6.07) is 4.52. The fourth-order valence-corrected chi connectivity index (χ4v) is 2.61. The van der Waals surface area contributed by atoms with Gasteiger partial charge in [-0.25, -0.2) is 4.39 Å². The number of halogens is 3. The van der Waals surface area contributed by atoms with Crippen LogP contribution in [0.15, 0.2) is 22.7 Å². The molecule has 1 saturated heterocycles. The Labute approximate surface area is 126 Å². The SMILES string of the molecule is Cl.NCC1CCCN(C(=O)c2ccc(Br)cc2F)C1. The highest BCUT2D eigenvalue weighted by molar-refractivity contribution is 9.10. The summed E-state index contributed by atoms with van der Waals surface area (Å²) >= 11 is 3.18. The van der Waals surface area contributed by atoms with E-state index >= 15 is 0 Å². The number of carbonyl (C=O) groups is 1. The van der Waals surface area contributed by atoms with Crippen LogP contribution in [-0.2, 0) is 0 Å². The Bertz CT molecular complexity index is 458. The molecule has 2 rings (SSSR count). The van der Waals surface area contributed by atoms with Gasteiger partial charge in [0.05, 0.1) is 5.56 Å². The van der Waals surface area contributed by atoms with Crippen molar-refractivity contribution in [2.24, 2.45) is 11.7 Å². The lowest BCUT2D eigenvalue weighted by Crippen LogP contribution is -2.42. The molecular formula is C13H17BrClFN2O. The molecule has 0 radical (unpaired) electrons. The zero-order chi connectivity index (χ0) is 13.1. The number of rotatable bonds is 2. The maximum absolute atomic E-state index is 13.7. The van der Waals surface area contributed by atoms with Gasteiger partial charge in [0.1, 0.15) is 5.82 Å². The van der Waals surface area contributed by atoms with E-state index in [1.54, 1.807) is 11.0 Å². The summed E-state index contributed by atoms with van der Waals surface area (Å²) in [5, 5.41) is 0. The normalized spacial score (nSPS) is 18.9. The summed E-state index contributed by atoms with van der Waals surface area (Å²) in [7, 11) is 0. The summed E-state index contributed by atoms with van der Waals surface area (Å²) in [6.07, 6.45) is 1.98. The topological polar surface area (TPSA) is 46.3 Å². The Morgan fingerprint density at radius 2 is 2.26 bits per heavy atom. The molecule has 0 aliphatic carbocycles. The molecule has 1 aliphatic rings. The van der Waals surface area contributed by atoms with Crippen molar-refractivity contribution < 1.29 is 9.18 Å². The molecule has 6 heteroatoms. The highest BCUT2D eigenvalue weighted by atomic mass is 79.9. The smallest absolute Gasteiger partial charge is 0.256 e. The van der Waals surface area contributed by atoms with Crippen LogP contribution in [0.4, 0.5) is 4.39 Å². The van der Waals surface area contributed by atoms with Crippen molar-refractivity contribution in [1.82, 2.24) is 4.90 Å².